The first-order chi connectivity index (χ1) is 9.56. The van der Waals surface area contributed by atoms with E-state index in [9.17, 15) is 9.50 Å². The van der Waals surface area contributed by atoms with E-state index in [1.54, 1.807) is 31.4 Å². The summed E-state index contributed by atoms with van der Waals surface area (Å²) >= 11 is 2.00. The molecule has 20 heavy (non-hydrogen) atoms. The van der Waals surface area contributed by atoms with Gasteiger partial charge in [-0.2, -0.15) is 0 Å². The Kier molecular flexibility index (Phi) is 4.82. The highest BCUT2D eigenvalue weighted by Crippen LogP contribution is 2.33. The van der Waals surface area contributed by atoms with E-state index >= 15 is 0 Å². The van der Waals surface area contributed by atoms with Crippen LogP contribution in [0.4, 0.5) is 4.39 Å². The maximum absolute atomic E-state index is 13.1. The lowest BCUT2D eigenvalue weighted by atomic mass is 10.0. The highest BCUT2D eigenvalue weighted by Gasteiger charge is 2.16. The smallest absolute Gasteiger partial charge is 0.161 e. The van der Waals surface area contributed by atoms with E-state index in [1.807, 2.05) is 22.6 Å². The molecule has 106 valence electrons. The molecule has 0 heterocycles. The van der Waals surface area contributed by atoms with Crippen LogP contribution in [0.5, 0.6) is 11.5 Å². The van der Waals surface area contributed by atoms with Crippen molar-refractivity contribution in [1.82, 2.24) is 0 Å². The molecule has 0 bridgehead atoms. The summed E-state index contributed by atoms with van der Waals surface area (Å²) in [5.74, 6) is 0.816. The summed E-state index contributed by atoms with van der Waals surface area (Å²) in [5.41, 5.74) is 1.31. The minimum atomic E-state index is -0.845. The van der Waals surface area contributed by atoms with Crippen molar-refractivity contribution in [2.75, 3.05) is 14.2 Å². The Morgan fingerprint density at radius 1 is 1.05 bits per heavy atom. The molecule has 0 spiro atoms. The van der Waals surface area contributed by atoms with Crippen molar-refractivity contribution < 1.29 is 19.0 Å². The molecule has 1 N–H and O–H groups in total. The molecule has 3 nitrogen and oxygen atoms in total. The second-order valence-electron chi connectivity index (χ2n) is 4.18. The minimum absolute atomic E-state index is 0.322. The van der Waals surface area contributed by atoms with Crippen LogP contribution in [-0.4, -0.2) is 19.3 Å². The molecule has 0 radical (unpaired) electrons. The Bertz CT molecular complexity index is 616. The molecular weight excluding hydrogens is 374 g/mol. The van der Waals surface area contributed by atoms with Crippen LogP contribution in [0.2, 0.25) is 0 Å². The van der Waals surface area contributed by atoms with Gasteiger partial charge in [-0.1, -0.05) is 12.1 Å². The van der Waals surface area contributed by atoms with E-state index in [2.05, 4.69) is 0 Å². The average molecular weight is 388 g/mol. The molecule has 2 aromatic carbocycles. The molecule has 1 atom stereocenters. The minimum Gasteiger partial charge on any atom is -0.493 e. The summed E-state index contributed by atoms with van der Waals surface area (Å²) in [6.45, 7) is 0. The third kappa shape index (κ3) is 3.04. The van der Waals surface area contributed by atoms with Gasteiger partial charge in [0.05, 0.1) is 14.2 Å². The predicted octanol–water partition coefficient (Wildman–Crippen LogP) is 3.53. The van der Waals surface area contributed by atoms with E-state index in [4.69, 9.17) is 9.47 Å². The highest BCUT2D eigenvalue weighted by atomic mass is 127. The number of methoxy groups -OCH3 is 2. The third-order valence-electron chi connectivity index (χ3n) is 2.98. The lowest BCUT2D eigenvalue weighted by Gasteiger charge is -2.15. The van der Waals surface area contributed by atoms with Gasteiger partial charge in [0.2, 0.25) is 0 Å². The number of hydrogen-bond donors (Lipinski definition) is 1. The zero-order chi connectivity index (χ0) is 14.7. The maximum Gasteiger partial charge on any atom is 0.161 e. The average Bonchev–Trinajstić information content (AvgIpc) is 2.45. The van der Waals surface area contributed by atoms with E-state index < -0.39 is 6.10 Å². The van der Waals surface area contributed by atoms with Gasteiger partial charge in [0.25, 0.3) is 0 Å². The van der Waals surface area contributed by atoms with Crippen molar-refractivity contribution in [1.29, 1.82) is 0 Å². The Morgan fingerprint density at radius 2 is 1.75 bits per heavy atom. The number of aliphatic hydroxyl groups excluding tert-OH is 1. The summed E-state index contributed by atoms with van der Waals surface area (Å²) in [7, 11) is 3.09. The maximum atomic E-state index is 13.1. The molecule has 2 aromatic rings. The monoisotopic (exact) mass is 388 g/mol. The Hall–Kier alpha value is -1.34. The normalized spacial score (nSPS) is 12.1. The topological polar surface area (TPSA) is 38.7 Å². The number of hydrogen-bond acceptors (Lipinski definition) is 3. The second-order valence-corrected chi connectivity index (χ2v) is 5.34. The van der Waals surface area contributed by atoms with Gasteiger partial charge in [-0.05, 0) is 58.0 Å². The second kappa shape index (κ2) is 6.41. The summed E-state index contributed by atoms with van der Waals surface area (Å²) in [6.07, 6.45) is -0.845. The summed E-state index contributed by atoms with van der Waals surface area (Å²) in [6, 6.07) is 9.50. The number of halogens is 2. The highest BCUT2D eigenvalue weighted by molar-refractivity contribution is 14.1. The largest absolute Gasteiger partial charge is 0.493 e. The molecule has 1 unspecified atom stereocenters. The first-order valence-corrected chi connectivity index (χ1v) is 6.99. The van der Waals surface area contributed by atoms with Crippen molar-refractivity contribution in [2.45, 2.75) is 6.10 Å². The summed E-state index contributed by atoms with van der Waals surface area (Å²) < 4.78 is 24.2. The zero-order valence-electron chi connectivity index (χ0n) is 11.1. The van der Waals surface area contributed by atoms with Crippen molar-refractivity contribution in [3.63, 3.8) is 0 Å². The molecule has 0 aliphatic carbocycles. The van der Waals surface area contributed by atoms with E-state index in [0.29, 0.717) is 26.2 Å². The van der Waals surface area contributed by atoms with Crippen molar-refractivity contribution >= 4 is 22.6 Å². The van der Waals surface area contributed by atoms with E-state index in [1.165, 1.54) is 19.2 Å². The molecule has 0 aliphatic heterocycles. The van der Waals surface area contributed by atoms with Crippen molar-refractivity contribution in [3.05, 3.63) is 56.9 Å². The van der Waals surface area contributed by atoms with Crippen LogP contribution in [-0.2, 0) is 0 Å². The molecule has 0 fully saturated rings. The number of ether oxygens (including phenoxy) is 2. The van der Waals surface area contributed by atoms with Crippen LogP contribution in [0.3, 0.4) is 0 Å². The number of rotatable bonds is 4. The molecule has 0 saturated carbocycles. The van der Waals surface area contributed by atoms with Gasteiger partial charge in [0.15, 0.2) is 11.5 Å². The standard InChI is InChI=1S/C15H14FIO3/c1-19-13-6-3-9(7-14(13)20-2)15(18)11-5-4-10(16)8-12(11)17/h3-8,15,18H,1-2H3. The van der Waals surface area contributed by atoms with Gasteiger partial charge in [-0.3, -0.25) is 0 Å². The van der Waals surface area contributed by atoms with E-state index in [-0.39, 0.29) is 5.82 Å². The Balaban J connectivity index is 2.40. The van der Waals surface area contributed by atoms with Gasteiger partial charge < -0.3 is 14.6 Å². The lowest BCUT2D eigenvalue weighted by Crippen LogP contribution is -2.03. The molecule has 0 aliphatic rings. The summed E-state index contributed by atoms with van der Waals surface area (Å²) in [5, 5.41) is 10.4. The Morgan fingerprint density at radius 3 is 2.35 bits per heavy atom. The fraction of sp³-hybridized carbons (Fsp3) is 0.200. The molecule has 0 aromatic heterocycles. The van der Waals surface area contributed by atoms with E-state index in [0.717, 1.165) is 0 Å². The number of aliphatic hydroxyl groups is 1. The predicted molar refractivity (Wildman–Crippen MR) is 82.7 cm³/mol. The van der Waals surface area contributed by atoms with Gasteiger partial charge in [0, 0.05) is 3.57 Å². The molecule has 2 rings (SSSR count). The summed E-state index contributed by atoms with van der Waals surface area (Å²) in [4.78, 5) is 0. The number of benzene rings is 2. The lowest BCUT2D eigenvalue weighted by molar-refractivity contribution is 0.218. The van der Waals surface area contributed by atoms with Gasteiger partial charge in [-0.15, -0.1) is 0 Å². The fourth-order valence-corrected chi connectivity index (χ4v) is 2.70. The molecule has 0 amide bonds. The van der Waals surface area contributed by atoms with Gasteiger partial charge >= 0.3 is 0 Å². The van der Waals surface area contributed by atoms with Crippen LogP contribution in [0, 0.1) is 9.39 Å². The third-order valence-corrected chi connectivity index (χ3v) is 3.91. The zero-order valence-corrected chi connectivity index (χ0v) is 13.2. The van der Waals surface area contributed by atoms with Crippen molar-refractivity contribution in [3.8, 4) is 11.5 Å². The van der Waals surface area contributed by atoms with Crippen molar-refractivity contribution in [2.24, 2.45) is 0 Å². The first kappa shape index (κ1) is 15.1. The first-order valence-electron chi connectivity index (χ1n) is 5.91. The molecule has 0 saturated heterocycles. The van der Waals surface area contributed by atoms with Gasteiger partial charge in [-0.25, -0.2) is 4.39 Å². The molecule has 5 heteroatoms. The SMILES string of the molecule is COc1ccc(C(O)c2ccc(F)cc2I)cc1OC. The van der Waals surface area contributed by atoms with Crippen LogP contribution in [0.25, 0.3) is 0 Å². The van der Waals surface area contributed by atoms with Crippen LogP contribution >= 0.6 is 22.6 Å². The Labute approximate surface area is 130 Å². The van der Waals surface area contributed by atoms with Crippen LogP contribution in [0.15, 0.2) is 36.4 Å². The molecular formula is C15H14FIO3. The quantitative estimate of drug-likeness (QED) is 0.815. The van der Waals surface area contributed by atoms with Crippen LogP contribution < -0.4 is 9.47 Å². The van der Waals surface area contributed by atoms with Gasteiger partial charge in [0.1, 0.15) is 11.9 Å². The fourth-order valence-electron chi connectivity index (χ4n) is 1.93. The van der Waals surface area contributed by atoms with Crippen LogP contribution in [0.1, 0.15) is 17.2 Å².